The SMILES string of the molecule is CC(C)(C)c1ccc(-c2nc3cc(-c4nnc(N)o4)ccc3n3cccc23)cc1. The van der Waals surface area contributed by atoms with Crippen molar-refractivity contribution in [3.05, 3.63) is 66.4 Å². The second kappa shape index (κ2) is 6.17. The molecule has 0 saturated carbocycles. The van der Waals surface area contributed by atoms with Gasteiger partial charge in [-0.3, -0.25) is 0 Å². The number of benzene rings is 2. The topological polar surface area (TPSA) is 82.2 Å². The summed E-state index contributed by atoms with van der Waals surface area (Å²) in [7, 11) is 0. The molecule has 0 radical (unpaired) electrons. The van der Waals surface area contributed by atoms with Crippen LogP contribution in [0.2, 0.25) is 0 Å². The summed E-state index contributed by atoms with van der Waals surface area (Å²) in [6.07, 6.45) is 2.05. The fourth-order valence-electron chi connectivity index (χ4n) is 3.60. The first kappa shape index (κ1) is 17.4. The van der Waals surface area contributed by atoms with E-state index >= 15 is 0 Å². The van der Waals surface area contributed by atoms with Gasteiger partial charge in [0.2, 0.25) is 5.89 Å². The number of aromatic nitrogens is 4. The lowest BCUT2D eigenvalue weighted by Crippen LogP contribution is -2.10. The lowest BCUT2D eigenvalue weighted by Gasteiger charge is -2.19. The summed E-state index contributed by atoms with van der Waals surface area (Å²) in [6.45, 7) is 6.65. The highest BCUT2D eigenvalue weighted by atomic mass is 16.4. The molecule has 0 bridgehead atoms. The number of fused-ring (bicyclic) bond motifs is 3. The number of hydrogen-bond donors (Lipinski definition) is 1. The van der Waals surface area contributed by atoms with Crippen LogP contribution in [0.4, 0.5) is 6.01 Å². The molecule has 0 amide bonds. The van der Waals surface area contributed by atoms with Gasteiger partial charge in [-0.05, 0) is 41.3 Å². The van der Waals surface area contributed by atoms with Gasteiger partial charge in [0.1, 0.15) is 0 Å². The highest BCUT2D eigenvalue weighted by Gasteiger charge is 2.16. The number of nitrogens with zero attached hydrogens (tertiary/aromatic N) is 4. The van der Waals surface area contributed by atoms with Crippen LogP contribution in [0.1, 0.15) is 26.3 Å². The average molecular weight is 383 g/mol. The molecule has 0 aliphatic carbocycles. The van der Waals surface area contributed by atoms with Crippen LogP contribution in [0.15, 0.2) is 65.2 Å². The molecular weight excluding hydrogens is 362 g/mol. The summed E-state index contributed by atoms with van der Waals surface area (Å²) in [6, 6.07) is 18.7. The number of anilines is 1. The summed E-state index contributed by atoms with van der Waals surface area (Å²) < 4.78 is 7.53. The minimum atomic E-state index is 0.0496. The predicted molar refractivity (Wildman–Crippen MR) is 115 cm³/mol. The molecule has 0 aliphatic rings. The monoisotopic (exact) mass is 383 g/mol. The van der Waals surface area contributed by atoms with E-state index in [9.17, 15) is 0 Å². The largest absolute Gasteiger partial charge is 0.404 e. The van der Waals surface area contributed by atoms with Crippen molar-refractivity contribution in [1.82, 2.24) is 19.6 Å². The lowest BCUT2D eigenvalue weighted by atomic mass is 9.86. The summed E-state index contributed by atoms with van der Waals surface area (Å²) >= 11 is 0. The molecule has 0 atom stereocenters. The fraction of sp³-hybridized carbons (Fsp3) is 0.174. The van der Waals surface area contributed by atoms with Gasteiger partial charge in [0, 0.05) is 17.3 Å². The molecule has 2 N–H and O–H groups in total. The maximum atomic E-state index is 5.57. The molecule has 0 spiro atoms. The molecule has 0 fully saturated rings. The van der Waals surface area contributed by atoms with Crippen LogP contribution in [-0.2, 0) is 5.41 Å². The van der Waals surface area contributed by atoms with Gasteiger partial charge >= 0.3 is 6.01 Å². The van der Waals surface area contributed by atoms with Crippen molar-refractivity contribution in [2.24, 2.45) is 0 Å². The Morgan fingerprint density at radius 1 is 0.897 bits per heavy atom. The summed E-state index contributed by atoms with van der Waals surface area (Å²) in [5, 5.41) is 7.73. The predicted octanol–water partition coefficient (Wildman–Crippen LogP) is 5.08. The fourth-order valence-corrected chi connectivity index (χ4v) is 3.60. The van der Waals surface area contributed by atoms with E-state index < -0.39 is 0 Å². The Morgan fingerprint density at radius 3 is 2.34 bits per heavy atom. The second-order valence-electron chi connectivity index (χ2n) is 8.20. The van der Waals surface area contributed by atoms with Gasteiger partial charge in [-0.25, -0.2) is 4.98 Å². The first-order valence-corrected chi connectivity index (χ1v) is 9.51. The van der Waals surface area contributed by atoms with Crippen molar-refractivity contribution in [3.63, 3.8) is 0 Å². The zero-order chi connectivity index (χ0) is 20.2. The van der Waals surface area contributed by atoms with Gasteiger partial charge in [-0.15, -0.1) is 5.10 Å². The van der Waals surface area contributed by atoms with E-state index in [1.165, 1.54) is 5.56 Å². The molecule has 0 unspecified atom stereocenters. The molecule has 3 heterocycles. The van der Waals surface area contributed by atoms with Crippen LogP contribution in [0.3, 0.4) is 0 Å². The molecule has 5 rings (SSSR count). The first-order chi connectivity index (χ1) is 13.9. The van der Waals surface area contributed by atoms with E-state index in [0.29, 0.717) is 5.89 Å². The zero-order valence-corrected chi connectivity index (χ0v) is 16.5. The van der Waals surface area contributed by atoms with Gasteiger partial charge in [-0.1, -0.05) is 50.1 Å². The summed E-state index contributed by atoms with van der Waals surface area (Å²) in [5.74, 6) is 0.384. The van der Waals surface area contributed by atoms with Gasteiger partial charge in [0.05, 0.1) is 22.2 Å². The Labute approximate surface area is 168 Å². The van der Waals surface area contributed by atoms with Crippen LogP contribution in [0, 0.1) is 0 Å². The first-order valence-electron chi connectivity index (χ1n) is 9.51. The number of nitrogen functional groups attached to an aromatic ring is 1. The summed E-state index contributed by atoms with van der Waals surface area (Å²) in [4.78, 5) is 4.99. The Bertz CT molecular complexity index is 1340. The maximum absolute atomic E-state index is 5.57. The maximum Gasteiger partial charge on any atom is 0.313 e. The Hall–Kier alpha value is -3.67. The van der Waals surface area contributed by atoms with Gasteiger partial charge < -0.3 is 14.6 Å². The minimum Gasteiger partial charge on any atom is -0.404 e. The van der Waals surface area contributed by atoms with E-state index in [1.807, 2.05) is 24.3 Å². The highest BCUT2D eigenvalue weighted by Crippen LogP contribution is 2.31. The second-order valence-corrected chi connectivity index (χ2v) is 8.20. The quantitative estimate of drug-likeness (QED) is 0.459. The third kappa shape index (κ3) is 2.93. The number of hydrogen-bond acceptors (Lipinski definition) is 5. The van der Waals surface area contributed by atoms with Gasteiger partial charge in [0.15, 0.2) is 0 Å². The molecule has 6 nitrogen and oxygen atoms in total. The Morgan fingerprint density at radius 2 is 1.66 bits per heavy atom. The third-order valence-electron chi connectivity index (χ3n) is 5.17. The molecule has 5 aromatic rings. The van der Waals surface area contributed by atoms with Crippen LogP contribution in [0.25, 0.3) is 39.3 Å². The molecule has 144 valence electrons. The lowest BCUT2D eigenvalue weighted by molar-refractivity contribution is 0.590. The van der Waals surface area contributed by atoms with Crippen molar-refractivity contribution < 1.29 is 4.42 Å². The minimum absolute atomic E-state index is 0.0496. The van der Waals surface area contributed by atoms with E-state index in [1.54, 1.807) is 0 Å². The normalized spacial score (nSPS) is 12.1. The Balaban J connectivity index is 1.70. The van der Waals surface area contributed by atoms with Crippen molar-refractivity contribution in [1.29, 1.82) is 0 Å². The molecule has 2 aromatic carbocycles. The van der Waals surface area contributed by atoms with Crippen LogP contribution >= 0.6 is 0 Å². The molecule has 29 heavy (non-hydrogen) atoms. The van der Waals surface area contributed by atoms with Crippen LogP contribution in [-0.4, -0.2) is 19.6 Å². The average Bonchev–Trinajstić information content (AvgIpc) is 3.35. The van der Waals surface area contributed by atoms with Crippen LogP contribution in [0.5, 0.6) is 0 Å². The third-order valence-corrected chi connectivity index (χ3v) is 5.17. The molecule has 0 aliphatic heterocycles. The van der Waals surface area contributed by atoms with Crippen molar-refractivity contribution in [2.75, 3.05) is 5.73 Å². The molecule has 0 saturated heterocycles. The summed E-state index contributed by atoms with van der Waals surface area (Å²) in [5.41, 5.74) is 12.7. The Kier molecular flexibility index (Phi) is 3.71. The number of nitrogens with two attached hydrogens (primary N) is 1. The molecule has 3 aromatic heterocycles. The standard InChI is InChI=1S/C23H21N5O/c1-23(2,3)16-9-6-14(7-10-16)20-19-5-4-12-28(19)18-11-8-15(13-17(18)25-20)21-26-27-22(24)29-21/h4-13H,1-3H3,(H2,24,27). The number of rotatable bonds is 2. The van der Waals surface area contributed by atoms with Crippen molar-refractivity contribution >= 4 is 22.6 Å². The van der Waals surface area contributed by atoms with Crippen molar-refractivity contribution in [3.8, 4) is 22.7 Å². The molecular formula is C23H21N5O. The smallest absolute Gasteiger partial charge is 0.313 e. The molecule has 6 heteroatoms. The van der Waals surface area contributed by atoms with Gasteiger partial charge in [0.25, 0.3) is 0 Å². The van der Waals surface area contributed by atoms with E-state index in [-0.39, 0.29) is 11.4 Å². The van der Waals surface area contributed by atoms with E-state index in [0.717, 1.165) is 33.4 Å². The highest BCUT2D eigenvalue weighted by molar-refractivity contribution is 5.89. The van der Waals surface area contributed by atoms with E-state index in [4.69, 9.17) is 15.1 Å². The zero-order valence-electron chi connectivity index (χ0n) is 16.5. The van der Waals surface area contributed by atoms with Crippen LogP contribution < -0.4 is 5.73 Å². The van der Waals surface area contributed by atoms with E-state index in [2.05, 4.69) is 71.9 Å². The van der Waals surface area contributed by atoms with Crippen molar-refractivity contribution in [2.45, 2.75) is 26.2 Å². The van der Waals surface area contributed by atoms with Gasteiger partial charge in [-0.2, -0.15) is 0 Å².